The van der Waals surface area contributed by atoms with Crippen molar-refractivity contribution in [3.63, 3.8) is 0 Å². The summed E-state index contributed by atoms with van der Waals surface area (Å²) in [7, 11) is 0. The van der Waals surface area contributed by atoms with Gasteiger partial charge in [-0.25, -0.2) is 8.78 Å². The number of benzene rings is 1. The molecular formula is C9H8F2O2. The van der Waals surface area contributed by atoms with Gasteiger partial charge in [-0.15, -0.1) is 0 Å². The zero-order valence-electron chi connectivity index (χ0n) is 6.92. The van der Waals surface area contributed by atoms with Gasteiger partial charge in [-0.2, -0.15) is 0 Å². The minimum Gasteiger partial charge on any atom is -0.381 e. The summed E-state index contributed by atoms with van der Waals surface area (Å²) in [5.41, 5.74) is -0.0648. The Balaban J connectivity index is 3.07. The molecule has 2 nitrogen and oxygen atoms in total. The first kappa shape index (κ1) is 9.80. The first-order chi connectivity index (χ1) is 6.00. The molecule has 0 spiro atoms. The van der Waals surface area contributed by atoms with Crippen LogP contribution in [0.15, 0.2) is 18.2 Å². The summed E-state index contributed by atoms with van der Waals surface area (Å²) in [6, 6.07) is 2.53. The zero-order chi connectivity index (χ0) is 10.0. The molecule has 70 valence electrons. The fourth-order valence-corrected chi connectivity index (χ4v) is 0.968. The number of ketones is 1. The van der Waals surface area contributed by atoms with Gasteiger partial charge in [0.25, 0.3) is 0 Å². The maximum Gasteiger partial charge on any atom is 0.162 e. The molecule has 1 aromatic carbocycles. The summed E-state index contributed by atoms with van der Waals surface area (Å²) < 4.78 is 25.2. The zero-order valence-corrected chi connectivity index (χ0v) is 6.92. The maximum atomic E-state index is 12.6. The van der Waals surface area contributed by atoms with Crippen molar-refractivity contribution in [1.29, 1.82) is 0 Å². The van der Waals surface area contributed by atoms with Crippen LogP contribution in [0.4, 0.5) is 8.78 Å². The molecule has 1 N–H and O–H groups in total. The number of Topliss-reactive ketones (excluding diaryl/α,β-unsaturated/α-hetero) is 1. The lowest BCUT2D eigenvalue weighted by molar-refractivity contribution is -0.125. The number of rotatable bonds is 2. The SMILES string of the molecule is CC(=O)[C@H](O)c1cc(F)cc(F)c1. The Morgan fingerprint density at radius 1 is 1.31 bits per heavy atom. The minimum atomic E-state index is -1.45. The lowest BCUT2D eigenvalue weighted by Gasteiger charge is -2.06. The third-order valence-electron chi connectivity index (χ3n) is 1.59. The lowest BCUT2D eigenvalue weighted by atomic mass is 10.1. The molecule has 0 heterocycles. The second-order valence-electron chi connectivity index (χ2n) is 2.72. The van der Waals surface area contributed by atoms with E-state index < -0.39 is 23.5 Å². The summed E-state index contributed by atoms with van der Waals surface area (Å²) in [6.07, 6.45) is -1.45. The van der Waals surface area contributed by atoms with Gasteiger partial charge in [0.15, 0.2) is 5.78 Å². The molecule has 0 saturated carbocycles. The summed E-state index contributed by atoms with van der Waals surface area (Å²) >= 11 is 0. The normalized spacial score (nSPS) is 12.6. The first-order valence-electron chi connectivity index (χ1n) is 3.65. The van der Waals surface area contributed by atoms with Crippen LogP contribution in [-0.4, -0.2) is 10.9 Å². The van der Waals surface area contributed by atoms with Crippen LogP contribution >= 0.6 is 0 Å². The Hall–Kier alpha value is -1.29. The summed E-state index contributed by atoms with van der Waals surface area (Å²) in [5.74, 6) is -2.17. The first-order valence-corrected chi connectivity index (χ1v) is 3.65. The summed E-state index contributed by atoms with van der Waals surface area (Å²) in [6.45, 7) is 1.15. The van der Waals surface area contributed by atoms with Crippen LogP contribution in [0.3, 0.4) is 0 Å². The Bertz CT molecular complexity index is 316. The van der Waals surface area contributed by atoms with Crippen molar-refractivity contribution in [2.75, 3.05) is 0 Å². The number of aliphatic hydroxyl groups excluding tert-OH is 1. The molecule has 13 heavy (non-hydrogen) atoms. The Morgan fingerprint density at radius 2 is 1.77 bits per heavy atom. The molecule has 0 fully saturated rings. The predicted molar refractivity (Wildman–Crippen MR) is 42.0 cm³/mol. The van der Waals surface area contributed by atoms with Crippen molar-refractivity contribution in [2.45, 2.75) is 13.0 Å². The van der Waals surface area contributed by atoms with E-state index >= 15 is 0 Å². The Kier molecular flexibility index (Phi) is 2.72. The van der Waals surface area contributed by atoms with Gasteiger partial charge >= 0.3 is 0 Å². The highest BCUT2D eigenvalue weighted by molar-refractivity contribution is 5.81. The largest absolute Gasteiger partial charge is 0.381 e. The van der Waals surface area contributed by atoms with Crippen molar-refractivity contribution in [3.05, 3.63) is 35.4 Å². The second kappa shape index (κ2) is 3.62. The number of carbonyl (C=O) groups is 1. The van der Waals surface area contributed by atoms with Crippen molar-refractivity contribution in [1.82, 2.24) is 0 Å². The van der Waals surface area contributed by atoms with Crippen molar-refractivity contribution in [2.24, 2.45) is 0 Å². The van der Waals surface area contributed by atoms with Gasteiger partial charge in [0.1, 0.15) is 17.7 Å². The van der Waals surface area contributed by atoms with Gasteiger partial charge in [0.2, 0.25) is 0 Å². The molecule has 0 aliphatic heterocycles. The predicted octanol–water partition coefficient (Wildman–Crippen LogP) is 1.59. The van der Waals surface area contributed by atoms with Crippen LogP contribution in [0.2, 0.25) is 0 Å². The van der Waals surface area contributed by atoms with E-state index in [0.717, 1.165) is 19.1 Å². The van der Waals surface area contributed by atoms with Crippen LogP contribution < -0.4 is 0 Å². The van der Waals surface area contributed by atoms with E-state index in [0.29, 0.717) is 6.07 Å². The number of hydrogen-bond acceptors (Lipinski definition) is 2. The molecule has 0 unspecified atom stereocenters. The van der Waals surface area contributed by atoms with Gasteiger partial charge in [0, 0.05) is 6.07 Å². The van der Waals surface area contributed by atoms with Crippen LogP contribution in [0, 0.1) is 11.6 Å². The number of halogens is 2. The Morgan fingerprint density at radius 3 is 2.15 bits per heavy atom. The number of carbonyl (C=O) groups excluding carboxylic acids is 1. The topological polar surface area (TPSA) is 37.3 Å². The van der Waals surface area contributed by atoms with E-state index in [2.05, 4.69) is 0 Å². The highest BCUT2D eigenvalue weighted by Gasteiger charge is 2.14. The van der Waals surface area contributed by atoms with E-state index in [1.165, 1.54) is 0 Å². The summed E-state index contributed by atoms with van der Waals surface area (Å²) in [5, 5.41) is 9.16. The quantitative estimate of drug-likeness (QED) is 0.761. The fraction of sp³-hybridized carbons (Fsp3) is 0.222. The molecule has 0 bridgehead atoms. The minimum absolute atomic E-state index is 0.0648. The van der Waals surface area contributed by atoms with E-state index in [9.17, 15) is 13.6 Å². The third kappa shape index (κ3) is 2.32. The molecule has 1 atom stereocenters. The monoisotopic (exact) mass is 186 g/mol. The van der Waals surface area contributed by atoms with E-state index in [-0.39, 0.29) is 5.56 Å². The molecule has 0 radical (unpaired) electrons. The molecule has 0 amide bonds. The van der Waals surface area contributed by atoms with Crippen LogP contribution in [0.5, 0.6) is 0 Å². The fourth-order valence-electron chi connectivity index (χ4n) is 0.968. The molecule has 0 aliphatic rings. The highest BCUT2D eigenvalue weighted by Crippen LogP contribution is 2.16. The van der Waals surface area contributed by atoms with Gasteiger partial charge in [0.05, 0.1) is 0 Å². The van der Waals surface area contributed by atoms with E-state index in [1.807, 2.05) is 0 Å². The molecule has 4 heteroatoms. The maximum absolute atomic E-state index is 12.6. The second-order valence-corrected chi connectivity index (χ2v) is 2.72. The van der Waals surface area contributed by atoms with Crippen molar-refractivity contribution < 1.29 is 18.7 Å². The van der Waals surface area contributed by atoms with Gasteiger partial charge < -0.3 is 5.11 Å². The smallest absolute Gasteiger partial charge is 0.162 e. The molecular weight excluding hydrogens is 178 g/mol. The van der Waals surface area contributed by atoms with Crippen molar-refractivity contribution >= 4 is 5.78 Å². The lowest BCUT2D eigenvalue weighted by Crippen LogP contribution is -2.08. The van der Waals surface area contributed by atoms with Crippen LogP contribution in [0.25, 0.3) is 0 Å². The van der Waals surface area contributed by atoms with Crippen molar-refractivity contribution in [3.8, 4) is 0 Å². The molecule has 0 aliphatic carbocycles. The summed E-state index contributed by atoms with van der Waals surface area (Å²) in [4.78, 5) is 10.7. The van der Waals surface area contributed by atoms with Crippen LogP contribution in [-0.2, 0) is 4.79 Å². The molecule has 1 aromatic rings. The third-order valence-corrected chi connectivity index (χ3v) is 1.59. The number of hydrogen-bond donors (Lipinski definition) is 1. The van der Waals surface area contributed by atoms with Gasteiger partial charge in [-0.1, -0.05) is 0 Å². The Labute approximate surface area is 73.8 Å². The van der Waals surface area contributed by atoms with Gasteiger partial charge in [-0.05, 0) is 24.6 Å². The average molecular weight is 186 g/mol. The molecule has 0 aromatic heterocycles. The van der Waals surface area contributed by atoms with E-state index in [1.54, 1.807) is 0 Å². The molecule has 1 rings (SSSR count). The molecule has 0 saturated heterocycles. The highest BCUT2D eigenvalue weighted by atomic mass is 19.1. The number of aliphatic hydroxyl groups is 1. The van der Waals surface area contributed by atoms with E-state index in [4.69, 9.17) is 5.11 Å². The van der Waals surface area contributed by atoms with Gasteiger partial charge in [-0.3, -0.25) is 4.79 Å². The standard InChI is InChI=1S/C9H8F2O2/c1-5(12)9(13)6-2-7(10)4-8(11)3-6/h2-4,9,13H,1H3/t9-/m0/s1. The van der Waals surface area contributed by atoms with Crippen LogP contribution in [0.1, 0.15) is 18.6 Å². The average Bonchev–Trinajstić information content (AvgIpc) is 2.01.